The van der Waals surface area contributed by atoms with E-state index in [4.69, 9.17) is 0 Å². The number of aromatic carboxylic acids is 1. The standard InChI is InChI=1S/C16H10F3N5O3/c17-16(18,19)7-1-2-9-8(5-7)22-14(25)13-23-12(15(26)27)10(24(9)13)6-11-20-3-4-21-11/h1-5H,6H2,(H,20,21)(H,22,25)(H,26,27). The van der Waals surface area contributed by atoms with Crippen LogP contribution in [-0.4, -0.2) is 35.4 Å². The summed E-state index contributed by atoms with van der Waals surface area (Å²) in [6.45, 7) is 0. The van der Waals surface area contributed by atoms with Crippen LogP contribution in [0.5, 0.6) is 0 Å². The van der Waals surface area contributed by atoms with Gasteiger partial charge in [0.05, 0.1) is 22.3 Å². The van der Waals surface area contributed by atoms with Gasteiger partial charge in [-0.3, -0.25) is 9.20 Å². The van der Waals surface area contributed by atoms with E-state index in [1.165, 1.54) is 16.7 Å². The summed E-state index contributed by atoms with van der Waals surface area (Å²) in [6.07, 6.45) is -1.58. The van der Waals surface area contributed by atoms with Gasteiger partial charge in [-0.25, -0.2) is 14.8 Å². The Labute approximate surface area is 147 Å². The van der Waals surface area contributed by atoms with Gasteiger partial charge in [0.1, 0.15) is 5.82 Å². The minimum Gasteiger partial charge on any atom is -0.476 e. The fourth-order valence-electron chi connectivity index (χ4n) is 2.94. The van der Waals surface area contributed by atoms with Crippen molar-refractivity contribution in [3.8, 4) is 0 Å². The number of rotatable bonds is 3. The molecule has 27 heavy (non-hydrogen) atoms. The van der Waals surface area contributed by atoms with Gasteiger partial charge in [-0.1, -0.05) is 0 Å². The fraction of sp³-hybridized carbons (Fsp3) is 0.125. The van der Waals surface area contributed by atoms with Crippen LogP contribution in [0, 0.1) is 0 Å². The van der Waals surface area contributed by atoms with E-state index in [0.717, 1.165) is 12.1 Å². The number of carboxylic acids is 1. The highest BCUT2D eigenvalue weighted by Gasteiger charge is 2.31. The third-order valence-corrected chi connectivity index (χ3v) is 4.08. The average molecular weight is 377 g/mol. The van der Waals surface area contributed by atoms with Crippen molar-refractivity contribution in [1.82, 2.24) is 24.3 Å². The maximum atomic E-state index is 13.0. The van der Waals surface area contributed by atoms with Crippen molar-refractivity contribution in [3.05, 3.63) is 63.7 Å². The van der Waals surface area contributed by atoms with E-state index >= 15 is 0 Å². The Kier molecular flexibility index (Phi) is 3.54. The number of imidazole rings is 2. The molecule has 4 rings (SSSR count). The van der Waals surface area contributed by atoms with Gasteiger partial charge in [0.2, 0.25) is 5.65 Å². The molecule has 0 saturated heterocycles. The SMILES string of the molecule is O=C(O)c1nc2c(=O)[nH]c3cc(C(F)(F)F)ccc3n2c1Cc1ncc[nH]1. The second kappa shape index (κ2) is 5.69. The Balaban J connectivity index is 2.08. The number of halogens is 3. The van der Waals surface area contributed by atoms with Gasteiger partial charge in [-0.15, -0.1) is 0 Å². The van der Waals surface area contributed by atoms with Crippen LogP contribution >= 0.6 is 0 Å². The lowest BCUT2D eigenvalue weighted by Gasteiger charge is -2.10. The molecule has 0 aliphatic carbocycles. The molecule has 3 heterocycles. The lowest BCUT2D eigenvalue weighted by Crippen LogP contribution is -2.13. The van der Waals surface area contributed by atoms with Gasteiger partial charge in [0.25, 0.3) is 5.56 Å². The van der Waals surface area contributed by atoms with E-state index in [1.54, 1.807) is 6.20 Å². The molecule has 3 N–H and O–H groups in total. The number of alkyl halides is 3. The number of fused-ring (bicyclic) bond motifs is 3. The molecule has 138 valence electrons. The van der Waals surface area contributed by atoms with Crippen LogP contribution < -0.4 is 5.56 Å². The molecule has 8 nitrogen and oxygen atoms in total. The summed E-state index contributed by atoms with van der Waals surface area (Å²) in [7, 11) is 0. The van der Waals surface area contributed by atoms with Crippen molar-refractivity contribution in [1.29, 1.82) is 0 Å². The van der Waals surface area contributed by atoms with Gasteiger partial charge < -0.3 is 15.1 Å². The number of hydrogen-bond acceptors (Lipinski definition) is 4. The molecule has 1 aromatic carbocycles. The molecule has 0 spiro atoms. The lowest BCUT2D eigenvalue weighted by atomic mass is 10.1. The Morgan fingerprint density at radius 1 is 1.30 bits per heavy atom. The molecule has 0 unspecified atom stereocenters. The highest BCUT2D eigenvalue weighted by Crippen LogP contribution is 2.31. The monoisotopic (exact) mass is 377 g/mol. The number of H-pyrrole nitrogens is 2. The van der Waals surface area contributed by atoms with Crippen molar-refractivity contribution in [2.45, 2.75) is 12.6 Å². The van der Waals surface area contributed by atoms with E-state index in [9.17, 15) is 27.9 Å². The third kappa shape index (κ3) is 2.72. The minimum atomic E-state index is -4.59. The van der Waals surface area contributed by atoms with Gasteiger partial charge >= 0.3 is 12.1 Å². The summed E-state index contributed by atoms with van der Waals surface area (Å²) in [5.41, 5.74) is -2.09. The first-order chi connectivity index (χ1) is 12.8. The zero-order chi connectivity index (χ0) is 19.3. The van der Waals surface area contributed by atoms with Crippen LogP contribution in [0.1, 0.15) is 27.6 Å². The predicted molar refractivity (Wildman–Crippen MR) is 86.7 cm³/mol. The quantitative estimate of drug-likeness (QED) is 0.506. The van der Waals surface area contributed by atoms with Crippen LogP contribution in [0.15, 0.2) is 35.4 Å². The number of hydrogen-bond donors (Lipinski definition) is 3. The van der Waals surface area contributed by atoms with Crippen molar-refractivity contribution in [2.75, 3.05) is 0 Å². The number of benzene rings is 1. The second-order valence-electron chi connectivity index (χ2n) is 5.77. The molecule has 0 radical (unpaired) electrons. The Morgan fingerprint density at radius 3 is 2.70 bits per heavy atom. The third-order valence-electron chi connectivity index (χ3n) is 4.08. The smallest absolute Gasteiger partial charge is 0.416 e. The van der Waals surface area contributed by atoms with Crippen molar-refractivity contribution < 1.29 is 23.1 Å². The molecule has 0 aliphatic heterocycles. The molecule has 0 aliphatic rings. The van der Waals surface area contributed by atoms with E-state index in [-0.39, 0.29) is 34.5 Å². The number of nitrogens with zero attached hydrogens (tertiary/aromatic N) is 3. The topological polar surface area (TPSA) is 116 Å². The molecular formula is C16H10F3N5O3. The summed E-state index contributed by atoms with van der Waals surface area (Å²) in [5.74, 6) is -0.945. The van der Waals surface area contributed by atoms with E-state index in [1.807, 2.05) is 0 Å². The summed E-state index contributed by atoms with van der Waals surface area (Å²) in [5, 5.41) is 9.44. The Bertz CT molecular complexity index is 1240. The van der Waals surface area contributed by atoms with Crippen molar-refractivity contribution in [3.63, 3.8) is 0 Å². The summed E-state index contributed by atoms with van der Waals surface area (Å²) < 4.78 is 40.2. The summed E-state index contributed by atoms with van der Waals surface area (Å²) >= 11 is 0. The minimum absolute atomic E-state index is 0.00459. The Morgan fingerprint density at radius 2 is 2.07 bits per heavy atom. The van der Waals surface area contributed by atoms with E-state index in [2.05, 4.69) is 19.9 Å². The van der Waals surface area contributed by atoms with Crippen molar-refractivity contribution in [2.24, 2.45) is 0 Å². The maximum Gasteiger partial charge on any atom is 0.416 e. The van der Waals surface area contributed by atoms with E-state index < -0.39 is 23.3 Å². The second-order valence-corrected chi connectivity index (χ2v) is 5.77. The lowest BCUT2D eigenvalue weighted by molar-refractivity contribution is -0.137. The van der Waals surface area contributed by atoms with Gasteiger partial charge in [0.15, 0.2) is 5.69 Å². The van der Waals surface area contributed by atoms with Crippen molar-refractivity contribution >= 4 is 22.6 Å². The first-order valence-electron chi connectivity index (χ1n) is 7.62. The first kappa shape index (κ1) is 16.8. The number of carboxylic acid groups (broad SMARTS) is 1. The number of nitrogens with one attached hydrogen (secondary N) is 2. The van der Waals surface area contributed by atoms with Gasteiger partial charge in [-0.2, -0.15) is 13.2 Å². The molecule has 11 heteroatoms. The van der Waals surface area contributed by atoms with Gasteiger partial charge in [-0.05, 0) is 18.2 Å². The van der Waals surface area contributed by atoms with Crippen LogP contribution in [0.25, 0.3) is 16.7 Å². The fourth-order valence-corrected chi connectivity index (χ4v) is 2.94. The summed E-state index contributed by atoms with van der Waals surface area (Å²) in [4.78, 5) is 36.9. The molecule has 0 bridgehead atoms. The first-order valence-corrected chi connectivity index (χ1v) is 7.62. The van der Waals surface area contributed by atoms with Crippen LogP contribution in [0.4, 0.5) is 13.2 Å². The molecule has 4 aromatic rings. The number of aromatic nitrogens is 5. The molecule has 0 fully saturated rings. The zero-order valence-electron chi connectivity index (χ0n) is 13.3. The van der Waals surface area contributed by atoms with E-state index in [0.29, 0.717) is 5.82 Å². The molecular weight excluding hydrogens is 367 g/mol. The molecule has 0 saturated carbocycles. The molecule has 0 atom stereocenters. The Hall–Kier alpha value is -3.63. The normalized spacial score (nSPS) is 12.1. The molecule has 0 amide bonds. The number of carbonyl (C=O) groups is 1. The predicted octanol–water partition coefficient (Wildman–Crippen LogP) is 2.21. The largest absolute Gasteiger partial charge is 0.476 e. The number of aromatic amines is 2. The highest BCUT2D eigenvalue weighted by molar-refractivity contribution is 5.89. The van der Waals surface area contributed by atoms with Crippen LogP contribution in [-0.2, 0) is 12.6 Å². The summed E-state index contributed by atoms with van der Waals surface area (Å²) in [6, 6.07) is 2.82. The van der Waals surface area contributed by atoms with Crippen LogP contribution in [0.2, 0.25) is 0 Å². The maximum absolute atomic E-state index is 13.0. The van der Waals surface area contributed by atoms with Gasteiger partial charge in [0, 0.05) is 18.8 Å². The zero-order valence-corrected chi connectivity index (χ0v) is 13.3. The molecule has 3 aromatic heterocycles. The average Bonchev–Trinajstić information content (AvgIpc) is 3.22. The highest BCUT2D eigenvalue weighted by atomic mass is 19.4. The van der Waals surface area contributed by atoms with Crippen LogP contribution in [0.3, 0.4) is 0 Å².